The third-order valence-electron chi connectivity index (χ3n) is 3.09. The van der Waals surface area contributed by atoms with E-state index in [1.54, 1.807) is 30.3 Å². The molecule has 7 heteroatoms. The molecule has 0 unspecified atom stereocenters. The molecule has 0 saturated heterocycles. The molecule has 0 bridgehead atoms. The van der Waals surface area contributed by atoms with Crippen molar-refractivity contribution in [2.24, 2.45) is 0 Å². The third-order valence-corrected chi connectivity index (χ3v) is 3.09. The van der Waals surface area contributed by atoms with Crippen molar-refractivity contribution in [3.63, 3.8) is 0 Å². The minimum absolute atomic E-state index is 0.179. The van der Waals surface area contributed by atoms with E-state index in [1.165, 1.54) is 0 Å². The van der Waals surface area contributed by atoms with E-state index in [2.05, 4.69) is 10.6 Å². The fourth-order valence-electron chi connectivity index (χ4n) is 1.91. The Bertz CT molecular complexity index is 827. The van der Waals surface area contributed by atoms with E-state index >= 15 is 0 Å². The number of rotatable bonds is 6. The van der Waals surface area contributed by atoms with Crippen LogP contribution in [0, 0.1) is 23.0 Å². The number of nitrogens with zero attached hydrogens (tertiary/aromatic N) is 1. The molecule has 1 amide bonds. The molecular weight excluding hydrogens is 328 g/mol. The zero-order valence-electron chi connectivity index (χ0n) is 13.3. The van der Waals surface area contributed by atoms with Gasteiger partial charge in [-0.3, -0.25) is 4.79 Å². The van der Waals surface area contributed by atoms with E-state index in [0.29, 0.717) is 18.0 Å². The topological polar surface area (TPSA) is 74.1 Å². The zero-order chi connectivity index (χ0) is 18.2. The zero-order valence-corrected chi connectivity index (χ0v) is 13.3. The molecule has 0 radical (unpaired) electrons. The van der Waals surface area contributed by atoms with Gasteiger partial charge < -0.3 is 15.4 Å². The molecule has 0 fully saturated rings. The highest BCUT2D eigenvalue weighted by molar-refractivity contribution is 6.06. The van der Waals surface area contributed by atoms with Crippen LogP contribution in [0.15, 0.2) is 54.2 Å². The molecule has 0 spiro atoms. The van der Waals surface area contributed by atoms with Crippen molar-refractivity contribution in [2.75, 3.05) is 17.2 Å². The number of nitriles is 1. The second-order valence-corrected chi connectivity index (χ2v) is 4.85. The second kappa shape index (κ2) is 8.45. The van der Waals surface area contributed by atoms with Crippen molar-refractivity contribution in [3.05, 3.63) is 65.9 Å². The average molecular weight is 343 g/mol. The number of amides is 1. The maximum Gasteiger partial charge on any atom is 0.267 e. The van der Waals surface area contributed by atoms with Crippen LogP contribution in [0.2, 0.25) is 0 Å². The van der Waals surface area contributed by atoms with Crippen molar-refractivity contribution in [1.29, 1.82) is 5.26 Å². The lowest BCUT2D eigenvalue weighted by Crippen LogP contribution is -2.14. The summed E-state index contributed by atoms with van der Waals surface area (Å²) < 4.78 is 31.9. The Labute approximate surface area is 143 Å². The van der Waals surface area contributed by atoms with Crippen molar-refractivity contribution >= 4 is 17.3 Å². The molecule has 128 valence electrons. The van der Waals surface area contributed by atoms with E-state index in [4.69, 9.17) is 10.00 Å². The summed E-state index contributed by atoms with van der Waals surface area (Å²) in [5, 5.41) is 14.0. The molecule has 0 aromatic heterocycles. The molecule has 0 aliphatic carbocycles. The maximum absolute atomic E-state index is 13.5. The number of ether oxygens (including phenoxy) is 1. The molecule has 2 N–H and O–H groups in total. The number of nitrogens with one attached hydrogen (secondary N) is 2. The summed E-state index contributed by atoms with van der Waals surface area (Å²) >= 11 is 0. The van der Waals surface area contributed by atoms with Crippen molar-refractivity contribution in [2.45, 2.75) is 6.92 Å². The molecule has 2 aromatic rings. The van der Waals surface area contributed by atoms with Crippen molar-refractivity contribution in [3.8, 4) is 11.8 Å². The first kappa shape index (κ1) is 17.9. The largest absolute Gasteiger partial charge is 0.494 e. The first-order valence-corrected chi connectivity index (χ1v) is 7.39. The van der Waals surface area contributed by atoms with Crippen LogP contribution in [-0.2, 0) is 4.79 Å². The molecule has 0 atom stereocenters. The molecule has 0 aliphatic rings. The van der Waals surface area contributed by atoms with Gasteiger partial charge in [0.15, 0.2) is 0 Å². The molecule has 0 heterocycles. The van der Waals surface area contributed by atoms with E-state index < -0.39 is 17.5 Å². The summed E-state index contributed by atoms with van der Waals surface area (Å²) in [6, 6.07) is 11.1. The number of halogens is 2. The van der Waals surface area contributed by atoms with E-state index in [0.717, 1.165) is 24.4 Å². The van der Waals surface area contributed by atoms with Crippen LogP contribution < -0.4 is 15.4 Å². The van der Waals surface area contributed by atoms with Crippen LogP contribution in [0.4, 0.5) is 20.2 Å². The number of hydrogen-bond acceptors (Lipinski definition) is 4. The molecule has 2 aromatic carbocycles. The Hall–Kier alpha value is -3.40. The minimum Gasteiger partial charge on any atom is -0.494 e. The van der Waals surface area contributed by atoms with Crippen molar-refractivity contribution in [1.82, 2.24) is 0 Å². The Morgan fingerprint density at radius 1 is 1.24 bits per heavy atom. The number of anilines is 2. The lowest BCUT2D eigenvalue weighted by molar-refractivity contribution is -0.112. The Morgan fingerprint density at radius 2 is 1.96 bits per heavy atom. The van der Waals surface area contributed by atoms with Gasteiger partial charge in [0.2, 0.25) is 0 Å². The van der Waals surface area contributed by atoms with E-state index in [1.807, 2.05) is 6.92 Å². The van der Waals surface area contributed by atoms with Crippen LogP contribution in [0.5, 0.6) is 5.75 Å². The molecule has 5 nitrogen and oxygen atoms in total. The van der Waals surface area contributed by atoms with Gasteiger partial charge in [-0.15, -0.1) is 0 Å². The van der Waals surface area contributed by atoms with E-state index in [9.17, 15) is 13.6 Å². The molecular formula is C18H15F2N3O2. The molecule has 0 aliphatic heterocycles. The normalized spacial score (nSPS) is 10.7. The van der Waals surface area contributed by atoms with Gasteiger partial charge in [-0.2, -0.15) is 5.26 Å². The minimum atomic E-state index is -0.707. The highest BCUT2D eigenvalue weighted by Crippen LogP contribution is 2.17. The quantitative estimate of drug-likeness (QED) is 0.618. The third kappa shape index (κ3) is 5.04. The average Bonchev–Trinajstić information content (AvgIpc) is 2.60. The van der Waals surface area contributed by atoms with E-state index in [-0.39, 0.29) is 11.3 Å². The fourth-order valence-corrected chi connectivity index (χ4v) is 1.91. The van der Waals surface area contributed by atoms with Crippen LogP contribution in [0.25, 0.3) is 0 Å². The summed E-state index contributed by atoms with van der Waals surface area (Å²) in [4.78, 5) is 12.1. The summed E-state index contributed by atoms with van der Waals surface area (Å²) in [6.45, 7) is 2.38. The molecule has 2 rings (SSSR count). The first-order valence-electron chi connectivity index (χ1n) is 7.39. The molecule has 0 saturated carbocycles. The Kier molecular flexibility index (Phi) is 6.07. The maximum atomic E-state index is 13.5. The summed E-state index contributed by atoms with van der Waals surface area (Å²) in [5.74, 6) is -1.38. The van der Waals surface area contributed by atoms with Gasteiger partial charge in [-0.25, -0.2) is 8.78 Å². The lowest BCUT2D eigenvalue weighted by Gasteiger charge is -2.07. The SMILES string of the molecule is CCOc1ccc(NC(=O)/C(C#N)=C\Nc2cc(F)ccc2F)cc1. The van der Waals surface area contributed by atoms with Crippen molar-refractivity contribution < 1.29 is 18.3 Å². The monoisotopic (exact) mass is 343 g/mol. The van der Waals surface area contributed by atoms with Gasteiger partial charge in [0.05, 0.1) is 12.3 Å². The van der Waals surface area contributed by atoms with Crippen LogP contribution in [0.1, 0.15) is 6.92 Å². The smallest absolute Gasteiger partial charge is 0.267 e. The van der Waals surface area contributed by atoms with Gasteiger partial charge in [-0.05, 0) is 43.3 Å². The Balaban J connectivity index is 2.07. The lowest BCUT2D eigenvalue weighted by atomic mass is 10.2. The van der Waals surface area contributed by atoms with Gasteiger partial charge in [-0.1, -0.05) is 0 Å². The second-order valence-electron chi connectivity index (χ2n) is 4.85. The highest BCUT2D eigenvalue weighted by Gasteiger charge is 2.10. The summed E-state index contributed by atoms with van der Waals surface area (Å²) in [7, 11) is 0. The highest BCUT2D eigenvalue weighted by atomic mass is 19.1. The number of carbonyl (C=O) groups is 1. The van der Waals surface area contributed by atoms with Gasteiger partial charge in [0.25, 0.3) is 5.91 Å². The Morgan fingerprint density at radius 3 is 2.60 bits per heavy atom. The molecule has 25 heavy (non-hydrogen) atoms. The number of benzene rings is 2. The van der Waals surface area contributed by atoms with Crippen LogP contribution in [0.3, 0.4) is 0 Å². The standard InChI is InChI=1S/C18H15F2N3O2/c1-2-25-15-6-4-14(5-7-15)23-18(24)12(10-21)11-22-17-9-13(19)3-8-16(17)20/h3-9,11,22H,2H2,1H3,(H,23,24)/b12-11-. The van der Waals surface area contributed by atoms with Crippen LogP contribution in [-0.4, -0.2) is 12.5 Å². The first-order chi connectivity index (χ1) is 12.0. The van der Waals surface area contributed by atoms with Gasteiger partial charge >= 0.3 is 0 Å². The summed E-state index contributed by atoms with van der Waals surface area (Å²) in [6.07, 6.45) is 1.02. The predicted molar refractivity (Wildman–Crippen MR) is 89.9 cm³/mol. The number of hydrogen-bond donors (Lipinski definition) is 2. The summed E-state index contributed by atoms with van der Waals surface area (Å²) in [5.41, 5.74) is -0.00861. The fraction of sp³-hybridized carbons (Fsp3) is 0.111. The number of carbonyl (C=O) groups excluding carboxylic acids is 1. The van der Waals surface area contributed by atoms with Gasteiger partial charge in [0.1, 0.15) is 29.0 Å². The van der Waals surface area contributed by atoms with Gasteiger partial charge in [0, 0.05) is 18.0 Å². The van der Waals surface area contributed by atoms with Crippen LogP contribution >= 0.6 is 0 Å². The predicted octanol–water partition coefficient (Wildman–Crippen LogP) is 3.82.